The van der Waals surface area contributed by atoms with Gasteiger partial charge in [-0.3, -0.25) is 9.69 Å². The van der Waals surface area contributed by atoms with E-state index in [1.54, 1.807) is 7.11 Å². The van der Waals surface area contributed by atoms with Gasteiger partial charge in [-0.25, -0.2) is 0 Å². The van der Waals surface area contributed by atoms with Crippen molar-refractivity contribution in [2.45, 2.75) is 33.6 Å². The van der Waals surface area contributed by atoms with Gasteiger partial charge in [0, 0.05) is 45.2 Å². The summed E-state index contributed by atoms with van der Waals surface area (Å²) in [5.74, 6) is 2.16. The zero-order valence-electron chi connectivity index (χ0n) is 17.8. The normalized spacial score (nSPS) is 31.4. The van der Waals surface area contributed by atoms with E-state index in [0.29, 0.717) is 5.41 Å². The lowest BCUT2D eigenvalue weighted by atomic mass is 9.50. The van der Waals surface area contributed by atoms with Crippen LogP contribution in [0.3, 0.4) is 0 Å². The average molecular weight is 386 g/mol. The number of benzene rings is 1. The molecule has 5 rings (SSSR count). The third-order valence-electron chi connectivity index (χ3n) is 8.29. The maximum atomic E-state index is 12.8. The van der Waals surface area contributed by atoms with Crippen molar-refractivity contribution in [1.29, 1.82) is 0 Å². The predicted octanol–water partition coefficient (Wildman–Crippen LogP) is 3.01. The van der Waals surface area contributed by atoms with E-state index in [1.807, 2.05) is 12.1 Å². The summed E-state index contributed by atoms with van der Waals surface area (Å²) in [6.45, 7) is 12.7. The van der Waals surface area contributed by atoms with Crippen molar-refractivity contribution < 1.29 is 9.53 Å². The number of methoxy groups -OCH3 is 1. The molecular weight excluding hydrogens is 350 g/mol. The van der Waals surface area contributed by atoms with Gasteiger partial charge in [-0.2, -0.15) is 0 Å². The maximum absolute atomic E-state index is 12.8. The molecule has 28 heavy (non-hydrogen) atoms. The number of amides is 1. The third-order valence-corrected chi connectivity index (χ3v) is 8.29. The van der Waals surface area contributed by atoms with Crippen molar-refractivity contribution in [3.05, 3.63) is 24.3 Å². The van der Waals surface area contributed by atoms with Crippen LogP contribution >= 0.6 is 0 Å². The maximum Gasteiger partial charge on any atom is 0.223 e. The van der Waals surface area contributed by atoms with Crippen molar-refractivity contribution in [2.75, 3.05) is 51.3 Å². The SMILES string of the molecule is COc1ccccc1N1CCN(CCNC(=O)C2CC3CC2(C)C3(C)C)CC1. The minimum atomic E-state index is 0.197. The molecule has 1 aromatic rings. The summed E-state index contributed by atoms with van der Waals surface area (Å²) in [5, 5.41) is 3.24. The van der Waals surface area contributed by atoms with Gasteiger partial charge in [0.05, 0.1) is 12.8 Å². The molecule has 1 saturated heterocycles. The molecule has 1 N–H and O–H groups in total. The standard InChI is InChI=1S/C23H35N3O2/c1-22(2)17-15-18(23(22,3)16-17)21(27)24-9-10-25-11-13-26(14-12-25)19-7-5-6-8-20(19)28-4/h5-8,17-18H,9-16H2,1-4H3,(H,24,27). The average Bonchev–Trinajstić information content (AvgIpc) is 3.18. The lowest BCUT2D eigenvalue weighted by molar-refractivity contribution is -0.133. The van der Waals surface area contributed by atoms with E-state index in [4.69, 9.17) is 4.74 Å². The fraction of sp³-hybridized carbons (Fsp3) is 0.696. The van der Waals surface area contributed by atoms with Crippen LogP contribution < -0.4 is 15.0 Å². The first-order valence-electron chi connectivity index (χ1n) is 10.7. The van der Waals surface area contributed by atoms with Gasteiger partial charge >= 0.3 is 0 Å². The van der Waals surface area contributed by atoms with Crippen molar-refractivity contribution in [1.82, 2.24) is 10.2 Å². The van der Waals surface area contributed by atoms with Gasteiger partial charge in [0.2, 0.25) is 5.91 Å². The Kier molecular flexibility index (Phi) is 5.07. The molecule has 5 heteroatoms. The predicted molar refractivity (Wildman–Crippen MR) is 113 cm³/mol. The molecule has 4 fully saturated rings. The number of fused-ring (bicyclic) bond motifs is 1. The number of carbonyl (C=O) groups is 1. The smallest absolute Gasteiger partial charge is 0.223 e. The van der Waals surface area contributed by atoms with E-state index in [2.05, 4.69) is 48.0 Å². The molecule has 2 bridgehead atoms. The van der Waals surface area contributed by atoms with Gasteiger partial charge in [-0.1, -0.05) is 32.9 Å². The fourth-order valence-electron chi connectivity index (χ4n) is 5.84. The van der Waals surface area contributed by atoms with Gasteiger partial charge < -0.3 is 15.0 Å². The molecule has 3 saturated carbocycles. The monoisotopic (exact) mass is 385 g/mol. The van der Waals surface area contributed by atoms with Crippen molar-refractivity contribution >= 4 is 11.6 Å². The lowest BCUT2D eigenvalue weighted by Gasteiger charge is -2.54. The first kappa shape index (κ1) is 19.6. The van der Waals surface area contributed by atoms with E-state index < -0.39 is 0 Å². The van der Waals surface area contributed by atoms with Crippen LogP contribution in [0.2, 0.25) is 0 Å². The lowest BCUT2D eigenvalue weighted by Crippen LogP contribution is -2.51. The number of piperazine rings is 1. The highest BCUT2D eigenvalue weighted by molar-refractivity contribution is 5.80. The number of ether oxygens (including phenoxy) is 1. The Balaban J connectivity index is 1.22. The number of nitrogens with one attached hydrogen (secondary N) is 1. The summed E-state index contributed by atoms with van der Waals surface area (Å²) >= 11 is 0. The quantitative estimate of drug-likeness (QED) is 0.818. The number of para-hydroxylation sites is 2. The molecule has 1 aromatic carbocycles. The van der Waals surface area contributed by atoms with Crippen LogP contribution in [0.1, 0.15) is 33.6 Å². The summed E-state index contributed by atoms with van der Waals surface area (Å²) in [4.78, 5) is 17.6. The fourth-order valence-corrected chi connectivity index (χ4v) is 5.84. The van der Waals surface area contributed by atoms with Crippen LogP contribution in [-0.4, -0.2) is 57.2 Å². The number of nitrogens with zero attached hydrogens (tertiary/aromatic N) is 2. The molecule has 4 aliphatic rings. The Morgan fingerprint density at radius 1 is 1.18 bits per heavy atom. The molecular formula is C23H35N3O2. The van der Waals surface area contributed by atoms with E-state index in [-0.39, 0.29) is 17.2 Å². The number of carbonyl (C=O) groups excluding carboxylic acids is 1. The Hall–Kier alpha value is -1.75. The molecule has 3 atom stereocenters. The Morgan fingerprint density at radius 3 is 2.50 bits per heavy atom. The van der Waals surface area contributed by atoms with Gasteiger partial charge in [0.15, 0.2) is 0 Å². The largest absolute Gasteiger partial charge is 0.495 e. The molecule has 3 unspecified atom stereocenters. The summed E-state index contributed by atoms with van der Waals surface area (Å²) in [7, 11) is 1.73. The Labute approximate surface area is 169 Å². The van der Waals surface area contributed by atoms with Crippen molar-refractivity contribution in [2.24, 2.45) is 22.7 Å². The van der Waals surface area contributed by atoms with Crippen molar-refractivity contribution in [3.8, 4) is 5.75 Å². The van der Waals surface area contributed by atoms with Gasteiger partial charge in [0.1, 0.15) is 5.75 Å². The first-order valence-corrected chi connectivity index (χ1v) is 10.7. The molecule has 1 heterocycles. The molecule has 0 spiro atoms. The van der Waals surface area contributed by atoms with Crippen LogP contribution in [0.4, 0.5) is 5.69 Å². The topological polar surface area (TPSA) is 44.8 Å². The molecule has 0 radical (unpaired) electrons. The summed E-state index contributed by atoms with van der Waals surface area (Å²) < 4.78 is 5.50. The second-order valence-electron chi connectivity index (χ2n) is 9.62. The number of anilines is 1. The summed E-state index contributed by atoms with van der Waals surface area (Å²) in [5.41, 5.74) is 1.69. The van der Waals surface area contributed by atoms with E-state index in [1.165, 1.54) is 12.1 Å². The number of hydrogen-bond acceptors (Lipinski definition) is 4. The Morgan fingerprint density at radius 2 is 1.89 bits per heavy atom. The minimum absolute atomic E-state index is 0.197. The summed E-state index contributed by atoms with van der Waals surface area (Å²) in [6.07, 6.45) is 2.30. The molecule has 1 aliphatic heterocycles. The van der Waals surface area contributed by atoms with Gasteiger partial charge in [0.25, 0.3) is 0 Å². The van der Waals surface area contributed by atoms with Crippen LogP contribution in [0.5, 0.6) is 5.75 Å². The molecule has 3 aliphatic carbocycles. The number of rotatable bonds is 6. The molecule has 0 aromatic heterocycles. The van der Waals surface area contributed by atoms with Crippen LogP contribution in [-0.2, 0) is 4.79 Å². The molecule has 5 nitrogen and oxygen atoms in total. The summed E-state index contributed by atoms with van der Waals surface area (Å²) in [6, 6.07) is 8.22. The van der Waals surface area contributed by atoms with E-state index in [9.17, 15) is 4.79 Å². The van der Waals surface area contributed by atoms with Gasteiger partial charge in [-0.05, 0) is 41.7 Å². The minimum Gasteiger partial charge on any atom is -0.495 e. The highest BCUT2D eigenvalue weighted by Crippen LogP contribution is 2.72. The van der Waals surface area contributed by atoms with Crippen molar-refractivity contribution in [3.63, 3.8) is 0 Å². The Bertz CT molecular complexity index is 726. The zero-order chi connectivity index (χ0) is 19.9. The second kappa shape index (κ2) is 7.25. The molecule has 1 amide bonds. The van der Waals surface area contributed by atoms with Crippen LogP contribution in [0.25, 0.3) is 0 Å². The molecule has 154 valence electrons. The second-order valence-corrected chi connectivity index (χ2v) is 9.62. The first-order chi connectivity index (χ1) is 13.4. The van der Waals surface area contributed by atoms with Crippen LogP contribution in [0, 0.1) is 22.7 Å². The van der Waals surface area contributed by atoms with E-state index >= 15 is 0 Å². The highest BCUT2D eigenvalue weighted by Gasteiger charge is 2.68. The highest BCUT2D eigenvalue weighted by atomic mass is 16.5. The third kappa shape index (κ3) is 3.08. The van der Waals surface area contributed by atoms with Gasteiger partial charge in [-0.15, -0.1) is 0 Å². The van der Waals surface area contributed by atoms with E-state index in [0.717, 1.165) is 57.4 Å². The zero-order valence-corrected chi connectivity index (χ0v) is 17.8. The van der Waals surface area contributed by atoms with Crippen LogP contribution in [0.15, 0.2) is 24.3 Å². The number of hydrogen-bond donors (Lipinski definition) is 1.